The number of hydrogen-bond acceptors (Lipinski definition) is 2. The molecule has 0 amide bonds. The van der Waals surface area contributed by atoms with Gasteiger partial charge < -0.3 is 10.2 Å². The van der Waals surface area contributed by atoms with Crippen molar-refractivity contribution in [2.45, 2.75) is 78.2 Å². The Hall–Kier alpha value is -0.0800. The Kier molecular flexibility index (Phi) is 7.25. The zero-order chi connectivity index (χ0) is 12.7. The second-order valence-corrected chi connectivity index (χ2v) is 5.03. The summed E-state index contributed by atoms with van der Waals surface area (Å²) in [5, 5.41) is 20.5. The summed E-state index contributed by atoms with van der Waals surface area (Å²) in [7, 11) is 0. The van der Waals surface area contributed by atoms with Gasteiger partial charge in [-0.1, -0.05) is 47.0 Å². The van der Waals surface area contributed by atoms with Crippen LogP contribution in [0.1, 0.15) is 72.6 Å². The number of unbranched alkanes of at least 4 members (excludes halogenated alkanes) is 1. The van der Waals surface area contributed by atoms with Gasteiger partial charge in [0.05, 0.1) is 12.2 Å². The third-order valence-corrected chi connectivity index (χ3v) is 4.22. The first-order valence-electron chi connectivity index (χ1n) is 6.89. The number of rotatable bonds is 9. The summed E-state index contributed by atoms with van der Waals surface area (Å²) < 4.78 is 0. The van der Waals surface area contributed by atoms with Crippen LogP contribution in [0.2, 0.25) is 0 Å². The van der Waals surface area contributed by atoms with Crippen LogP contribution in [0, 0.1) is 5.41 Å². The van der Waals surface area contributed by atoms with Gasteiger partial charge in [-0.25, -0.2) is 0 Å². The van der Waals surface area contributed by atoms with Gasteiger partial charge in [0.2, 0.25) is 0 Å². The van der Waals surface area contributed by atoms with E-state index >= 15 is 0 Å². The van der Waals surface area contributed by atoms with Crippen molar-refractivity contribution in [1.82, 2.24) is 0 Å². The maximum atomic E-state index is 10.8. The monoisotopic (exact) mass is 230 g/mol. The van der Waals surface area contributed by atoms with Gasteiger partial charge in [-0.15, -0.1) is 0 Å². The van der Waals surface area contributed by atoms with Crippen molar-refractivity contribution in [2.75, 3.05) is 6.61 Å². The number of aliphatic hydroxyl groups is 2. The number of aliphatic hydroxyl groups excluding tert-OH is 1. The van der Waals surface area contributed by atoms with E-state index in [1.807, 2.05) is 6.92 Å². The minimum atomic E-state index is -0.694. The Morgan fingerprint density at radius 1 is 0.875 bits per heavy atom. The summed E-state index contributed by atoms with van der Waals surface area (Å²) in [6.07, 6.45) is 6.49. The second kappa shape index (κ2) is 7.29. The quantitative estimate of drug-likeness (QED) is 0.636. The molecule has 2 unspecified atom stereocenters. The SMILES string of the molecule is CCCCC(CC)(CO)C(O)(CC)CCC. The maximum Gasteiger partial charge on any atom is 0.0722 e. The molecule has 0 spiro atoms. The standard InChI is InChI=1S/C14H30O2/c1-5-9-11-13(7-3,12-15)14(16,8-4)10-6-2/h15-16H,5-12H2,1-4H3. The molecule has 0 rings (SSSR count). The lowest BCUT2D eigenvalue weighted by Gasteiger charge is -2.46. The molecule has 0 saturated heterocycles. The van der Waals surface area contributed by atoms with Crippen molar-refractivity contribution < 1.29 is 10.2 Å². The predicted molar refractivity (Wildman–Crippen MR) is 69.5 cm³/mol. The van der Waals surface area contributed by atoms with Crippen LogP contribution in [0.3, 0.4) is 0 Å². The first-order chi connectivity index (χ1) is 7.55. The van der Waals surface area contributed by atoms with Gasteiger partial charge in [-0.05, 0) is 25.7 Å². The summed E-state index contributed by atoms with van der Waals surface area (Å²) in [4.78, 5) is 0. The van der Waals surface area contributed by atoms with Crippen LogP contribution in [0.4, 0.5) is 0 Å². The van der Waals surface area contributed by atoms with Gasteiger partial charge >= 0.3 is 0 Å². The van der Waals surface area contributed by atoms with Crippen LogP contribution in [-0.2, 0) is 0 Å². The molecule has 0 aliphatic rings. The Labute approximate surface area is 101 Å². The van der Waals surface area contributed by atoms with E-state index in [0.29, 0.717) is 0 Å². The van der Waals surface area contributed by atoms with E-state index in [1.54, 1.807) is 0 Å². The molecule has 2 heteroatoms. The molecule has 0 saturated carbocycles. The van der Waals surface area contributed by atoms with Crippen LogP contribution in [0.25, 0.3) is 0 Å². The van der Waals surface area contributed by atoms with Crippen molar-refractivity contribution >= 4 is 0 Å². The van der Waals surface area contributed by atoms with Crippen molar-refractivity contribution in [3.63, 3.8) is 0 Å². The zero-order valence-corrected chi connectivity index (χ0v) is 11.6. The Morgan fingerprint density at radius 2 is 1.50 bits per heavy atom. The summed E-state index contributed by atoms with van der Waals surface area (Å²) in [5.41, 5.74) is -0.992. The summed E-state index contributed by atoms with van der Waals surface area (Å²) in [5.74, 6) is 0. The average molecular weight is 230 g/mol. The molecular formula is C14H30O2. The van der Waals surface area contributed by atoms with Crippen LogP contribution >= 0.6 is 0 Å². The highest BCUT2D eigenvalue weighted by Crippen LogP contribution is 2.44. The minimum Gasteiger partial charge on any atom is -0.396 e. The fourth-order valence-electron chi connectivity index (χ4n) is 2.82. The Bertz CT molecular complexity index is 176. The van der Waals surface area contributed by atoms with E-state index in [2.05, 4.69) is 20.8 Å². The van der Waals surface area contributed by atoms with Crippen LogP contribution < -0.4 is 0 Å². The molecule has 0 heterocycles. The molecule has 0 radical (unpaired) electrons. The molecule has 0 aromatic heterocycles. The Morgan fingerprint density at radius 3 is 1.81 bits per heavy atom. The highest BCUT2D eigenvalue weighted by atomic mass is 16.3. The minimum absolute atomic E-state index is 0.105. The van der Waals surface area contributed by atoms with Crippen molar-refractivity contribution in [3.8, 4) is 0 Å². The topological polar surface area (TPSA) is 40.5 Å². The normalized spacial score (nSPS) is 19.1. The molecular weight excluding hydrogens is 200 g/mol. The van der Waals surface area contributed by atoms with Crippen LogP contribution in [-0.4, -0.2) is 22.4 Å². The maximum absolute atomic E-state index is 10.8. The van der Waals surface area contributed by atoms with Gasteiger partial charge in [0.1, 0.15) is 0 Å². The molecule has 0 bridgehead atoms. The molecule has 0 aliphatic heterocycles. The summed E-state index contributed by atoms with van der Waals surface area (Å²) in [6, 6.07) is 0. The first-order valence-corrected chi connectivity index (χ1v) is 6.89. The van der Waals surface area contributed by atoms with Crippen molar-refractivity contribution in [3.05, 3.63) is 0 Å². The summed E-state index contributed by atoms with van der Waals surface area (Å²) in [6.45, 7) is 8.47. The largest absolute Gasteiger partial charge is 0.396 e. The van der Waals surface area contributed by atoms with Crippen LogP contribution in [0.5, 0.6) is 0 Å². The lowest BCUT2D eigenvalue weighted by atomic mass is 9.64. The van der Waals surface area contributed by atoms with E-state index < -0.39 is 5.60 Å². The predicted octanol–water partition coefficient (Wildman–Crippen LogP) is 3.51. The molecule has 0 aromatic carbocycles. The molecule has 0 aliphatic carbocycles. The van der Waals surface area contributed by atoms with Gasteiger partial charge in [-0.3, -0.25) is 0 Å². The van der Waals surface area contributed by atoms with E-state index in [1.165, 1.54) is 0 Å². The van der Waals surface area contributed by atoms with Gasteiger partial charge in [-0.2, -0.15) is 0 Å². The lowest BCUT2D eigenvalue weighted by Crippen LogP contribution is -2.50. The molecule has 98 valence electrons. The Balaban J connectivity index is 4.94. The molecule has 16 heavy (non-hydrogen) atoms. The van der Waals surface area contributed by atoms with E-state index in [4.69, 9.17) is 0 Å². The smallest absolute Gasteiger partial charge is 0.0722 e. The van der Waals surface area contributed by atoms with E-state index in [-0.39, 0.29) is 12.0 Å². The molecule has 0 aromatic rings. The highest BCUT2D eigenvalue weighted by molar-refractivity contribution is 4.96. The number of hydrogen-bond donors (Lipinski definition) is 2. The first kappa shape index (κ1) is 15.9. The zero-order valence-electron chi connectivity index (χ0n) is 11.6. The lowest BCUT2D eigenvalue weighted by molar-refractivity contribution is -0.125. The van der Waals surface area contributed by atoms with Gasteiger partial charge in [0.15, 0.2) is 0 Å². The van der Waals surface area contributed by atoms with E-state index in [9.17, 15) is 10.2 Å². The van der Waals surface area contributed by atoms with Gasteiger partial charge in [0.25, 0.3) is 0 Å². The average Bonchev–Trinajstić information content (AvgIpc) is 2.31. The fraction of sp³-hybridized carbons (Fsp3) is 1.00. The second-order valence-electron chi connectivity index (χ2n) is 5.03. The molecule has 2 atom stereocenters. The highest BCUT2D eigenvalue weighted by Gasteiger charge is 2.46. The fourth-order valence-corrected chi connectivity index (χ4v) is 2.82. The van der Waals surface area contributed by atoms with Crippen molar-refractivity contribution in [1.29, 1.82) is 0 Å². The van der Waals surface area contributed by atoms with Crippen molar-refractivity contribution in [2.24, 2.45) is 5.41 Å². The van der Waals surface area contributed by atoms with Gasteiger partial charge in [0, 0.05) is 5.41 Å². The van der Waals surface area contributed by atoms with E-state index in [0.717, 1.165) is 44.9 Å². The molecule has 2 nitrogen and oxygen atoms in total. The van der Waals surface area contributed by atoms with Crippen LogP contribution in [0.15, 0.2) is 0 Å². The third kappa shape index (κ3) is 3.21. The summed E-state index contributed by atoms with van der Waals surface area (Å²) >= 11 is 0. The molecule has 2 N–H and O–H groups in total. The molecule has 0 fully saturated rings. The third-order valence-electron chi connectivity index (χ3n) is 4.22.